The van der Waals surface area contributed by atoms with Crippen LogP contribution < -0.4 is 0 Å². The van der Waals surface area contributed by atoms with Crippen LogP contribution in [-0.2, 0) is 0 Å². The summed E-state index contributed by atoms with van der Waals surface area (Å²) in [5.41, 5.74) is 0.526. The second kappa shape index (κ2) is 13.4. The summed E-state index contributed by atoms with van der Waals surface area (Å²) in [6.45, 7) is 11.8. The predicted molar refractivity (Wildman–Crippen MR) is 98.8 cm³/mol. The molecule has 0 bridgehead atoms. The topological polar surface area (TPSA) is 0 Å². The summed E-state index contributed by atoms with van der Waals surface area (Å²) in [5, 5.41) is 0. The average Bonchev–Trinajstić information content (AvgIpc) is 2.46. The first kappa shape index (κ1) is 20.7. The lowest BCUT2D eigenvalue weighted by Crippen LogP contribution is -2.26. The second-order valence-electron chi connectivity index (χ2n) is 7.15. The van der Waals surface area contributed by atoms with E-state index in [1.807, 2.05) is 0 Å². The standard InChI is InChI=1S/C21H42/c1-6-10-12-13-14-15-17-20(16-11-7-2)21(5,18-8-3)19-9-4/h11,16,20H,6-10,12-15,17-19H2,1-5H3. The van der Waals surface area contributed by atoms with Gasteiger partial charge in [-0.15, -0.1) is 0 Å². The van der Waals surface area contributed by atoms with E-state index in [9.17, 15) is 0 Å². The molecule has 0 saturated carbocycles. The Kier molecular flexibility index (Phi) is 13.2. The lowest BCUT2D eigenvalue weighted by Gasteiger charge is -2.36. The highest BCUT2D eigenvalue weighted by atomic mass is 14.3. The lowest BCUT2D eigenvalue weighted by molar-refractivity contribution is 0.173. The van der Waals surface area contributed by atoms with Crippen LogP contribution in [0.25, 0.3) is 0 Å². The molecule has 0 rings (SSSR count). The van der Waals surface area contributed by atoms with Crippen LogP contribution in [-0.4, -0.2) is 0 Å². The molecule has 0 aliphatic rings. The zero-order valence-corrected chi connectivity index (χ0v) is 15.7. The monoisotopic (exact) mass is 294 g/mol. The fraction of sp³-hybridized carbons (Fsp3) is 0.905. The van der Waals surface area contributed by atoms with Gasteiger partial charge in [0.1, 0.15) is 0 Å². The molecule has 0 spiro atoms. The Hall–Kier alpha value is -0.260. The van der Waals surface area contributed by atoms with Crippen molar-refractivity contribution >= 4 is 0 Å². The van der Waals surface area contributed by atoms with E-state index < -0.39 is 0 Å². The first-order valence-corrected chi connectivity index (χ1v) is 9.81. The molecule has 126 valence electrons. The SMILES string of the molecule is CCC=CC(CCCCCCCC)C(C)(CCC)CCC. The van der Waals surface area contributed by atoms with E-state index >= 15 is 0 Å². The van der Waals surface area contributed by atoms with Gasteiger partial charge in [-0.25, -0.2) is 0 Å². The summed E-state index contributed by atoms with van der Waals surface area (Å²) >= 11 is 0. The molecule has 0 aromatic heterocycles. The predicted octanol–water partition coefficient (Wildman–Crippen LogP) is 7.93. The maximum atomic E-state index is 2.55. The summed E-state index contributed by atoms with van der Waals surface area (Å²) in [6, 6.07) is 0. The van der Waals surface area contributed by atoms with Gasteiger partial charge in [0.15, 0.2) is 0 Å². The highest BCUT2D eigenvalue weighted by Crippen LogP contribution is 2.41. The van der Waals surface area contributed by atoms with E-state index in [-0.39, 0.29) is 0 Å². The molecular weight excluding hydrogens is 252 g/mol. The third-order valence-electron chi connectivity index (χ3n) is 5.01. The smallest absolute Gasteiger partial charge is 0.0179 e. The van der Waals surface area contributed by atoms with Gasteiger partial charge in [0.25, 0.3) is 0 Å². The first-order chi connectivity index (χ1) is 10.1. The van der Waals surface area contributed by atoms with Gasteiger partial charge in [0, 0.05) is 0 Å². The molecule has 21 heavy (non-hydrogen) atoms. The molecule has 0 saturated heterocycles. The van der Waals surface area contributed by atoms with Gasteiger partial charge in [-0.05, 0) is 37.0 Å². The third-order valence-corrected chi connectivity index (χ3v) is 5.01. The van der Waals surface area contributed by atoms with E-state index in [1.54, 1.807) is 0 Å². The molecule has 0 amide bonds. The minimum absolute atomic E-state index is 0.526. The summed E-state index contributed by atoms with van der Waals surface area (Å²) in [7, 11) is 0. The Morgan fingerprint density at radius 3 is 1.86 bits per heavy atom. The van der Waals surface area contributed by atoms with E-state index in [0.717, 1.165) is 5.92 Å². The van der Waals surface area contributed by atoms with E-state index in [0.29, 0.717) is 5.41 Å². The molecule has 0 aromatic rings. The Labute approximate surface area is 135 Å². The zero-order valence-electron chi connectivity index (χ0n) is 15.7. The van der Waals surface area contributed by atoms with Crippen molar-refractivity contribution in [3.8, 4) is 0 Å². The number of hydrogen-bond acceptors (Lipinski definition) is 0. The van der Waals surface area contributed by atoms with Crippen molar-refractivity contribution in [3.05, 3.63) is 12.2 Å². The zero-order chi connectivity index (χ0) is 16.0. The van der Waals surface area contributed by atoms with Crippen molar-refractivity contribution in [2.75, 3.05) is 0 Å². The van der Waals surface area contributed by atoms with Crippen molar-refractivity contribution in [2.24, 2.45) is 11.3 Å². The van der Waals surface area contributed by atoms with Crippen LogP contribution >= 0.6 is 0 Å². The normalized spacial score (nSPS) is 14.0. The summed E-state index contributed by atoms with van der Waals surface area (Å²) < 4.78 is 0. The largest absolute Gasteiger partial charge is 0.0885 e. The lowest BCUT2D eigenvalue weighted by atomic mass is 9.69. The molecule has 0 nitrogen and oxygen atoms in total. The van der Waals surface area contributed by atoms with E-state index in [4.69, 9.17) is 0 Å². The average molecular weight is 295 g/mol. The summed E-state index contributed by atoms with van der Waals surface area (Å²) in [5.74, 6) is 0.795. The maximum Gasteiger partial charge on any atom is -0.0179 e. The van der Waals surface area contributed by atoms with Gasteiger partial charge < -0.3 is 0 Å². The van der Waals surface area contributed by atoms with Gasteiger partial charge >= 0.3 is 0 Å². The van der Waals surface area contributed by atoms with Gasteiger partial charge in [-0.3, -0.25) is 0 Å². The molecule has 0 fully saturated rings. The molecule has 0 aliphatic carbocycles. The van der Waals surface area contributed by atoms with Crippen LogP contribution in [0.1, 0.15) is 112 Å². The fourth-order valence-corrected chi connectivity index (χ4v) is 3.76. The molecule has 0 aliphatic heterocycles. The van der Waals surface area contributed by atoms with Crippen LogP contribution in [0.4, 0.5) is 0 Å². The second-order valence-corrected chi connectivity index (χ2v) is 7.15. The highest BCUT2D eigenvalue weighted by molar-refractivity contribution is 4.96. The van der Waals surface area contributed by atoms with Crippen molar-refractivity contribution in [1.82, 2.24) is 0 Å². The van der Waals surface area contributed by atoms with Crippen LogP contribution in [0.5, 0.6) is 0 Å². The number of allylic oxidation sites excluding steroid dienone is 2. The number of unbranched alkanes of at least 4 members (excludes halogenated alkanes) is 5. The van der Waals surface area contributed by atoms with E-state index in [2.05, 4.69) is 46.8 Å². The maximum absolute atomic E-state index is 2.55. The quantitative estimate of drug-likeness (QED) is 0.225. The van der Waals surface area contributed by atoms with Gasteiger partial charge in [-0.1, -0.05) is 98.1 Å². The van der Waals surface area contributed by atoms with Gasteiger partial charge in [0.05, 0.1) is 0 Å². The Morgan fingerprint density at radius 2 is 1.33 bits per heavy atom. The molecule has 0 N–H and O–H groups in total. The van der Waals surface area contributed by atoms with E-state index in [1.165, 1.54) is 77.0 Å². The van der Waals surface area contributed by atoms with Crippen LogP contribution in [0.2, 0.25) is 0 Å². The summed E-state index contributed by atoms with van der Waals surface area (Å²) in [6.07, 6.45) is 21.5. The van der Waals surface area contributed by atoms with Crippen LogP contribution in [0, 0.1) is 11.3 Å². The highest BCUT2D eigenvalue weighted by Gasteiger charge is 2.30. The fourth-order valence-electron chi connectivity index (χ4n) is 3.76. The Morgan fingerprint density at radius 1 is 0.762 bits per heavy atom. The molecular formula is C21H42. The van der Waals surface area contributed by atoms with Crippen molar-refractivity contribution in [2.45, 2.75) is 112 Å². The molecule has 0 aromatic carbocycles. The molecule has 1 unspecified atom stereocenters. The third kappa shape index (κ3) is 9.38. The van der Waals surface area contributed by atoms with Crippen molar-refractivity contribution in [1.29, 1.82) is 0 Å². The van der Waals surface area contributed by atoms with Gasteiger partial charge in [0.2, 0.25) is 0 Å². The summed E-state index contributed by atoms with van der Waals surface area (Å²) in [4.78, 5) is 0. The Balaban J connectivity index is 4.43. The van der Waals surface area contributed by atoms with Crippen LogP contribution in [0.15, 0.2) is 12.2 Å². The van der Waals surface area contributed by atoms with Crippen LogP contribution in [0.3, 0.4) is 0 Å². The molecule has 0 heterocycles. The minimum atomic E-state index is 0.526. The molecule has 1 atom stereocenters. The van der Waals surface area contributed by atoms with Crippen molar-refractivity contribution < 1.29 is 0 Å². The number of hydrogen-bond donors (Lipinski definition) is 0. The van der Waals surface area contributed by atoms with Gasteiger partial charge in [-0.2, -0.15) is 0 Å². The molecule has 0 radical (unpaired) electrons. The Bertz CT molecular complexity index is 232. The van der Waals surface area contributed by atoms with Crippen molar-refractivity contribution in [3.63, 3.8) is 0 Å². The minimum Gasteiger partial charge on any atom is -0.0885 e. The molecule has 0 heteroatoms. The first-order valence-electron chi connectivity index (χ1n) is 9.81. The number of rotatable bonds is 14.